The van der Waals surface area contributed by atoms with E-state index in [0.29, 0.717) is 21.0 Å². The van der Waals surface area contributed by atoms with E-state index in [1.54, 1.807) is 30.5 Å². The van der Waals surface area contributed by atoms with Crippen LogP contribution in [0.5, 0.6) is 0 Å². The van der Waals surface area contributed by atoms with E-state index in [2.05, 4.69) is 26.3 Å². The van der Waals surface area contributed by atoms with Crippen LogP contribution in [0, 0.1) is 0 Å². The van der Waals surface area contributed by atoms with Crippen LogP contribution in [0.3, 0.4) is 0 Å². The molecule has 3 N–H and O–H groups in total. The van der Waals surface area contributed by atoms with E-state index in [-0.39, 0.29) is 12.5 Å². The zero-order valence-electron chi connectivity index (χ0n) is 9.23. The maximum Gasteiger partial charge on any atom is 0.246 e. The lowest BCUT2D eigenvalue weighted by Gasteiger charge is -2.08. The first-order valence-corrected chi connectivity index (χ1v) is 6.26. The molecule has 5 nitrogen and oxygen atoms in total. The van der Waals surface area contributed by atoms with Gasteiger partial charge in [-0.1, -0.05) is 17.7 Å². The predicted molar refractivity (Wildman–Crippen MR) is 74.4 cm³/mol. The average Bonchev–Trinajstić information content (AvgIpc) is 2.70. The van der Waals surface area contributed by atoms with Crippen LogP contribution < -0.4 is 11.1 Å². The first kappa shape index (κ1) is 12.9. The van der Waals surface area contributed by atoms with Crippen LogP contribution in [0.1, 0.15) is 0 Å². The van der Waals surface area contributed by atoms with Crippen LogP contribution in [0.4, 0.5) is 11.5 Å². The lowest BCUT2D eigenvalue weighted by atomic mass is 10.3. The molecular weight excluding hydrogens is 320 g/mol. The van der Waals surface area contributed by atoms with Gasteiger partial charge in [0.1, 0.15) is 12.4 Å². The lowest BCUT2D eigenvalue weighted by Crippen LogP contribution is -2.19. The Morgan fingerprint density at radius 1 is 1.50 bits per heavy atom. The topological polar surface area (TPSA) is 72.9 Å². The van der Waals surface area contributed by atoms with Gasteiger partial charge in [-0.25, -0.2) is 0 Å². The Balaban J connectivity index is 2.05. The molecule has 0 fully saturated rings. The molecule has 1 amide bonds. The van der Waals surface area contributed by atoms with Gasteiger partial charge in [0.05, 0.1) is 15.2 Å². The highest BCUT2D eigenvalue weighted by Crippen LogP contribution is 2.29. The smallest absolute Gasteiger partial charge is 0.246 e. The summed E-state index contributed by atoms with van der Waals surface area (Å²) < 4.78 is 2.11. The minimum absolute atomic E-state index is 0.0934. The van der Waals surface area contributed by atoms with Crippen molar-refractivity contribution in [3.63, 3.8) is 0 Å². The summed E-state index contributed by atoms with van der Waals surface area (Å²) in [6.45, 7) is 0.0934. The molecule has 1 heterocycles. The fourth-order valence-corrected chi connectivity index (χ4v) is 1.94. The molecule has 0 bridgehead atoms. The van der Waals surface area contributed by atoms with Gasteiger partial charge in [0.25, 0.3) is 0 Å². The van der Waals surface area contributed by atoms with Crippen LogP contribution in [0.15, 0.2) is 34.9 Å². The number of nitrogens with two attached hydrogens (primary N) is 1. The maximum absolute atomic E-state index is 11.8. The number of carbonyl (C=O) groups excluding carboxylic acids is 1. The van der Waals surface area contributed by atoms with Crippen molar-refractivity contribution >= 4 is 44.9 Å². The van der Waals surface area contributed by atoms with Gasteiger partial charge < -0.3 is 11.1 Å². The SMILES string of the molecule is Nc1ccn(CC(=O)Nc2cccc(Cl)c2Br)n1. The molecule has 2 rings (SSSR count). The number of carbonyl (C=O) groups is 1. The monoisotopic (exact) mass is 328 g/mol. The zero-order chi connectivity index (χ0) is 13.1. The van der Waals surface area contributed by atoms with Crippen LogP contribution >= 0.6 is 27.5 Å². The highest BCUT2D eigenvalue weighted by atomic mass is 79.9. The summed E-state index contributed by atoms with van der Waals surface area (Å²) >= 11 is 9.24. The standard InChI is InChI=1S/C11H10BrClN4O/c12-11-7(13)2-1-3-8(11)15-10(18)6-17-5-4-9(14)16-17/h1-5H,6H2,(H2,14,16)(H,15,18). The molecule has 1 aromatic carbocycles. The molecule has 0 spiro atoms. The molecule has 0 atom stereocenters. The lowest BCUT2D eigenvalue weighted by molar-refractivity contribution is -0.116. The van der Waals surface area contributed by atoms with Crippen molar-refractivity contribution in [1.82, 2.24) is 9.78 Å². The summed E-state index contributed by atoms with van der Waals surface area (Å²) in [6.07, 6.45) is 1.64. The van der Waals surface area contributed by atoms with E-state index in [4.69, 9.17) is 17.3 Å². The van der Waals surface area contributed by atoms with E-state index < -0.39 is 0 Å². The fourth-order valence-electron chi connectivity index (χ4n) is 1.40. The second-order valence-electron chi connectivity index (χ2n) is 3.59. The van der Waals surface area contributed by atoms with Crippen LogP contribution in [0.2, 0.25) is 5.02 Å². The van der Waals surface area contributed by atoms with Crippen molar-refractivity contribution in [3.8, 4) is 0 Å². The van der Waals surface area contributed by atoms with Crippen molar-refractivity contribution in [3.05, 3.63) is 40.0 Å². The summed E-state index contributed by atoms with van der Waals surface area (Å²) in [7, 11) is 0. The largest absolute Gasteiger partial charge is 0.382 e. The van der Waals surface area contributed by atoms with Crippen LogP contribution in [-0.4, -0.2) is 15.7 Å². The summed E-state index contributed by atoms with van der Waals surface area (Å²) in [6, 6.07) is 6.87. The van der Waals surface area contributed by atoms with Gasteiger partial charge in [-0.15, -0.1) is 0 Å². The second kappa shape index (κ2) is 5.41. The molecule has 94 valence electrons. The normalized spacial score (nSPS) is 10.3. The van der Waals surface area contributed by atoms with Gasteiger partial charge in [-0.3, -0.25) is 9.48 Å². The Morgan fingerprint density at radius 2 is 2.28 bits per heavy atom. The maximum atomic E-state index is 11.8. The summed E-state index contributed by atoms with van der Waals surface area (Å²) in [4.78, 5) is 11.8. The molecule has 0 aliphatic carbocycles. The molecule has 0 aliphatic heterocycles. The predicted octanol–water partition coefficient (Wildman–Crippen LogP) is 2.52. The number of benzene rings is 1. The summed E-state index contributed by atoms with van der Waals surface area (Å²) in [5, 5.41) is 7.20. The van der Waals surface area contributed by atoms with Crippen molar-refractivity contribution in [2.45, 2.75) is 6.54 Å². The third-order valence-electron chi connectivity index (χ3n) is 2.19. The van der Waals surface area contributed by atoms with Crippen molar-refractivity contribution < 1.29 is 4.79 Å². The third kappa shape index (κ3) is 3.02. The van der Waals surface area contributed by atoms with Gasteiger partial charge >= 0.3 is 0 Å². The second-order valence-corrected chi connectivity index (χ2v) is 4.79. The first-order valence-electron chi connectivity index (χ1n) is 5.09. The van der Waals surface area contributed by atoms with E-state index in [1.807, 2.05) is 0 Å². The molecule has 0 unspecified atom stereocenters. The molecule has 0 saturated heterocycles. The van der Waals surface area contributed by atoms with Crippen LogP contribution in [-0.2, 0) is 11.3 Å². The van der Waals surface area contributed by atoms with E-state index >= 15 is 0 Å². The Bertz CT molecular complexity index is 584. The zero-order valence-corrected chi connectivity index (χ0v) is 11.6. The number of halogens is 2. The third-order valence-corrected chi connectivity index (χ3v) is 3.59. The van der Waals surface area contributed by atoms with E-state index in [0.717, 1.165) is 0 Å². The minimum atomic E-state index is -0.207. The molecule has 0 saturated carbocycles. The number of amides is 1. The van der Waals surface area contributed by atoms with Gasteiger partial charge in [0.15, 0.2) is 0 Å². The number of hydrogen-bond donors (Lipinski definition) is 2. The number of anilines is 2. The number of hydrogen-bond acceptors (Lipinski definition) is 3. The number of rotatable bonds is 3. The number of nitrogens with zero attached hydrogens (tertiary/aromatic N) is 2. The number of nitrogens with one attached hydrogen (secondary N) is 1. The summed E-state index contributed by atoms with van der Waals surface area (Å²) in [5.41, 5.74) is 6.08. The summed E-state index contributed by atoms with van der Waals surface area (Å²) in [5.74, 6) is 0.174. The molecule has 7 heteroatoms. The van der Waals surface area contributed by atoms with Crippen molar-refractivity contribution in [2.24, 2.45) is 0 Å². The molecule has 0 aliphatic rings. The fraction of sp³-hybridized carbons (Fsp3) is 0.0909. The quantitative estimate of drug-likeness (QED) is 0.909. The Labute approximate surface area is 117 Å². The number of nitrogen functional groups attached to an aromatic ring is 1. The van der Waals surface area contributed by atoms with Gasteiger partial charge in [0, 0.05) is 6.20 Å². The highest BCUT2D eigenvalue weighted by Gasteiger charge is 2.08. The Hall–Kier alpha value is -1.53. The Kier molecular flexibility index (Phi) is 3.88. The number of aromatic nitrogens is 2. The minimum Gasteiger partial charge on any atom is -0.382 e. The van der Waals surface area contributed by atoms with E-state index in [1.165, 1.54) is 4.68 Å². The average molecular weight is 330 g/mol. The molecule has 1 aromatic heterocycles. The highest BCUT2D eigenvalue weighted by molar-refractivity contribution is 9.10. The van der Waals surface area contributed by atoms with Crippen molar-refractivity contribution in [2.75, 3.05) is 11.1 Å². The van der Waals surface area contributed by atoms with Crippen molar-refractivity contribution in [1.29, 1.82) is 0 Å². The molecular formula is C11H10BrClN4O. The molecule has 18 heavy (non-hydrogen) atoms. The van der Waals surface area contributed by atoms with Gasteiger partial charge in [-0.2, -0.15) is 5.10 Å². The Morgan fingerprint density at radius 3 is 2.94 bits per heavy atom. The molecule has 2 aromatic rings. The first-order chi connectivity index (χ1) is 8.56. The van der Waals surface area contributed by atoms with Gasteiger partial charge in [-0.05, 0) is 34.1 Å². The van der Waals surface area contributed by atoms with Crippen LogP contribution in [0.25, 0.3) is 0 Å². The van der Waals surface area contributed by atoms with Gasteiger partial charge in [0.2, 0.25) is 5.91 Å². The molecule has 0 radical (unpaired) electrons. The van der Waals surface area contributed by atoms with E-state index in [9.17, 15) is 4.79 Å².